The van der Waals surface area contributed by atoms with Crippen LogP contribution in [0.25, 0.3) is 0 Å². The SMILES string of the molecule is CC=C(C)C(O)(CCCNC(=O)OC(C)(C)C)C(C)=CC. The summed E-state index contributed by atoms with van der Waals surface area (Å²) in [5.74, 6) is 0. The predicted molar refractivity (Wildman–Crippen MR) is 87.3 cm³/mol. The molecule has 0 atom stereocenters. The number of nitrogens with one attached hydrogen (secondary N) is 1. The highest BCUT2D eigenvalue weighted by atomic mass is 16.6. The lowest BCUT2D eigenvalue weighted by Crippen LogP contribution is -2.35. The first-order chi connectivity index (χ1) is 9.56. The fourth-order valence-electron chi connectivity index (χ4n) is 2.03. The number of alkyl carbamates (subject to hydrolysis) is 1. The number of allylic oxidation sites excluding steroid dienone is 2. The highest BCUT2D eigenvalue weighted by Gasteiger charge is 2.29. The van der Waals surface area contributed by atoms with Gasteiger partial charge in [-0.2, -0.15) is 0 Å². The van der Waals surface area contributed by atoms with Crippen molar-refractivity contribution in [2.24, 2.45) is 0 Å². The third-order valence-corrected chi connectivity index (χ3v) is 3.55. The van der Waals surface area contributed by atoms with Crippen molar-refractivity contribution >= 4 is 6.09 Å². The summed E-state index contributed by atoms with van der Waals surface area (Å²) in [5, 5.41) is 13.5. The zero-order valence-electron chi connectivity index (χ0n) is 14.5. The molecule has 0 aromatic heterocycles. The van der Waals surface area contributed by atoms with Crippen LogP contribution in [0, 0.1) is 0 Å². The molecule has 0 radical (unpaired) electrons. The van der Waals surface area contributed by atoms with Crippen LogP contribution < -0.4 is 5.32 Å². The van der Waals surface area contributed by atoms with E-state index in [1.54, 1.807) is 0 Å². The van der Waals surface area contributed by atoms with Gasteiger partial charge in [0, 0.05) is 6.54 Å². The van der Waals surface area contributed by atoms with Crippen LogP contribution in [-0.4, -0.2) is 28.9 Å². The molecule has 4 nitrogen and oxygen atoms in total. The van der Waals surface area contributed by atoms with Gasteiger partial charge < -0.3 is 15.2 Å². The normalized spacial score (nSPS) is 16.4. The molecule has 0 aliphatic carbocycles. The van der Waals surface area contributed by atoms with Gasteiger partial charge in [0.1, 0.15) is 11.2 Å². The molecule has 0 aromatic rings. The molecule has 0 heterocycles. The van der Waals surface area contributed by atoms with Crippen molar-refractivity contribution in [1.82, 2.24) is 5.32 Å². The smallest absolute Gasteiger partial charge is 0.407 e. The maximum absolute atomic E-state index is 11.5. The van der Waals surface area contributed by atoms with Crippen molar-refractivity contribution in [2.45, 2.75) is 72.5 Å². The highest BCUT2D eigenvalue weighted by molar-refractivity contribution is 5.67. The summed E-state index contributed by atoms with van der Waals surface area (Å²) in [6.07, 6.45) is 4.67. The van der Waals surface area contributed by atoms with Gasteiger partial charge in [-0.25, -0.2) is 4.79 Å². The Kier molecular flexibility index (Phi) is 7.72. The van der Waals surface area contributed by atoms with E-state index in [1.165, 1.54) is 0 Å². The van der Waals surface area contributed by atoms with Gasteiger partial charge in [-0.15, -0.1) is 0 Å². The summed E-state index contributed by atoms with van der Waals surface area (Å²) in [6, 6.07) is 0. The van der Waals surface area contributed by atoms with Crippen LogP contribution in [0.4, 0.5) is 4.79 Å². The summed E-state index contributed by atoms with van der Waals surface area (Å²) in [7, 11) is 0. The topological polar surface area (TPSA) is 58.6 Å². The minimum absolute atomic E-state index is 0.420. The van der Waals surface area contributed by atoms with Crippen LogP contribution in [0.2, 0.25) is 0 Å². The number of hydrogen-bond acceptors (Lipinski definition) is 3. The van der Waals surface area contributed by atoms with Crippen LogP contribution in [0.1, 0.15) is 61.3 Å². The molecule has 1 amide bonds. The lowest BCUT2D eigenvalue weighted by Gasteiger charge is -2.31. The fraction of sp³-hybridized carbons (Fsp3) is 0.706. The number of amides is 1. The molecule has 0 saturated heterocycles. The van der Waals surface area contributed by atoms with Gasteiger partial charge in [-0.1, -0.05) is 12.2 Å². The lowest BCUT2D eigenvalue weighted by molar-refractivity contribution is 0.0518. The zero-order chi connectivity index (χ0) is 16.7. The molecule has 0 aliphatic rings. The minimum atomic E-state index is -0.931. The Labute approximate surface area is 129 Å². The molecule has 4 heteroatoms. The molecule has 21 heavy (non-hydrogen) atoms. The predicted octanol–water partition coefficient (Wildman–Crippen LogP) is 3.95. The van der Waals surface area contributed by atoms with Gasteiger partial charge in [0.2, 0.25) is 0 Å². The lowest BCUT2D eigenvalue weighted by atomic mass is 9.83. The van der Waals surface area contributed by atoms with E-state index in [9.17, 15) is 9.90 Å². The quantitative estimate of drug-likeness (QED) is 0.576. The summed E-state index contributed by atoms with van der Waals surface area (Å²) in [4.78, 5) is 11.5. The van der Waals surface area contributed by atoms with Crippen LogP contribution in [-0.2, 0) is 4.74 Å². The van der Waals surface area contributed by atoms with Crippen LogP contribution >= 0.6 is 0 Å². The molecule has 122 valence electrons. The fourth-order valence-corrected chi connectivity index (χ4v) is 2.03. The standard InChI is InChI=1S/C17H31NO3/c1-8-13(3)17(20,14(4)9-2)11-10-12-18-15(19)21-16(5,6)7/h8-9,20H,10-12H2,1-7H3,(H,18,19). The second kappa shape index (κ2) is 8.23. The van der Waals surface area contributed by atoms with E-state index in [-0.39, 0.29) is 0 Å². The maximum atomic E-state index is 11.5. The van der Waals surface area contributed by atoms with E-state index in [2.05, 4.69) is 5.32 Å². The van der Waals surface area contributed by atoms with Gasteiger partial charge in [-0.3, -0.25) is 0 Å². The Hall–Kier alpha value is -1.29. The van der Waals surface area contributed by atoms with Crippen molar-refractivity contribution in [3.63, 3.8) is 0 Å². The number of rotatable bonds is 6. The first kappa shape index (κ1) is 19.7. The Bertz CT molecular complexity index is 385. The molecular formula is C17H31NO3. The maximum Gasteiger partial charge on any atom is 0.407 e. The molecule has 0 spiro atoms. The van der Waals surface area contributed by atoms with Crippen molar-refractivity contribution in [3.05, 3.63) is 23.3 Å². The Balaban J connectivity index is 4.45. The average Bonchev–Trinajstić information content (AvgIpc) is 2.39. The molecule has 0 saturated carbocycles. The zero-order valence-corrected chi connectivity index (χ0v) is 14.5. The summed E-state index contributed by atoms with van der Waals surface area (Å²) >= 11 is 0. The second-order valence-electron chi connectivity index (χ2n) is 6.34. The van der Waals surface area contributed by atoms with Gasteiger partial charge in [0.25, 0.3) is 0 Å². The molecule has 0 rings (SSSR count). The Morgan fingerprint density at radius 3 is 2.00 bits per heavy atom. The van der Waals surface area contributed by atoms with Gasteiger partial charge >= 0.3 is 6.09 Å². The van der Waals surface area contributed by atoms with Crippen molar-refractivity contribution < 1.29 is 14.6 Å². The first-order valence-electron chi connectivity index (χ1n) is 7.53. The molecule has 0 fully saturated rings. The highest BCUT2D eigenvalue weighted by Crippen LogP contribution is 2.30. The third kappa shape index (κ3) is 6.80. The summed E-state index contributed by atoms with van der Waals surface area (Å²) < 4.78 is 5.17. The van der Waals surface area contributed by atoms with E-state index in [0.717, 1.165) is 11.1 Å². The number of aliphatic hydroxyl groups is 1. The van der Waals surface area contributed by atoms with Gasteiger partial charge in [0.15, 0.2) is 0 Å². The van der Waals surface area contributed by atoms with Crippen LogP contribution in [0.3, 0.4) is 0 Å². The van der Waals surface area contributed by atoms with Gasteiger partial charge in [0.05, 0.1) is 0 Å². The molecule has 0 unspecified atom stereocenters. The Morgan fingerprint density at radius 2 is 1.62 bits per heavy atom. The number of carbonyl (C=O) groups excluding carboxylic acids is 1. The Morgan fingerprint density at radius 1 is 1.14 bits per heavy atom. The van der Waals surface area contributed by atoms with Crippen LogP contribution in [0.15, 0.2) is 23.3 Å². The second-order valence-corrected chi connectivity index (χ2v) is 6.34. The average molecular weight is 297 g/mol. The summed E-state index contributed by atoms with van der Waals surface area (Å²) in [6.45, 7) is 13.7. The van der Waals surface area contributed by atoms with Crippen molar-refractivity contribution in [2.75, 3.05) is 6.54 Å². The van der Waals surface area contributed by atoms with Crippen LogP contribution in [0.5, 0.6) is 0 Å². The van der Waals surface area contributed by atoms with Crippen molar-refractivity contribution in [1.29, 1.82) is 0 Å². The number of hydrogen-bond donors (Lipinski definition) is 2. The largest absolute Gasteiger partial charge is 0.444 e. The molecule has 0 aromatic carbocycles. The van der Waals surface area contributed by atoms with E-state index in [0.29, 0.717) is 19.4 Å². The molecule has 2 N–H and O–H groups in total. The molecule has 0 bridgehead atoms. The monoisotopic (exact) mass is 297 g/mol. The van der Waals surface area contributed by atoms with Gasteiger partial charge in [-0.05, 0) is 72.5 Å². The number of carbonyl (C=O) groups is 1. The minimum Gasteiger partial charge on any atom is -0.444 e. The van der Waals surface area contributed by atoms with Crippen molar-refractivity contribution in [3.8, 4) is 0 Å². The number of ether oxygens (including phenoxy) is 1. The third-order valence-electron chi connectivity index (χ3n) is 3.55. The van der Waals surface area contributed by atoms with E-state index in [4.69, 9.17) is 4.74 Å². The summed E-state index contributed by atoms with van der Waals surface area (Å²) in [5.41, 5.74) is 0.429. The molecular weight excluding hydrogens is 266 g/mol. The van der Waals surface area contributed by atoms with E-state index < -0.39 is 17.3 Å². The van der Waals surface area contributed by atoms with E-state index >= 15 is 0 Å². The first-order valence-corrected chi connectivity index (χ1v) is 7.53. The molecule has 0 aliphatic heterocycles. The van der Waals surface area contributed by atoms with E-state index in [1.807, 2.05) is 60.6 Å².